The van der Waals surface area contributed by atoms with Crippen LogP contribution in [0.2, 0.25) is 0 Å². The smallest absolute Gasteiger partial charge is 0.0792 e. The van der Waals surface area contributed by atoms with Crippen LogP contribution in [0.5, 0.6) is 0 Å². The minimum atomic E-state index is 1.33. The van der Waals surface area contributed by atoms with Gasteiger partial charge in [-0.25, -0.2) is 0 Å². The van der Waals surface area contributed by atoms with E-state index in [1.54, 1.807) is 10.4 Å². The van der Waals surface area contributed by atoms with Gasteiger partial charge in [0.25, 0.3) is 0 Å². The van der Waals surface area contributed by atoms with Crippen molar-refractivity contribution >= 4 is 56.5 Å². The summed E-state index contributed by atoms with van der Waals surface area (Å²) in [5, 5.41) is 0. The van der Waals surface area contributed by atoms with Gasteiger partial charge < -0.3 is 0 Å². The van der Waals surface area contributed by atoms with E-state index in [2.05, 4.69) is 45.2 Å². The van der Waals surface area contributed by atoms with E-state index in [1.165, 1.54) is 32.1 Å². The van der Waals surface area contributed by atoms with Crippen LogP contribution in [-0.4, -0.2) is 0 Å². The van der Waals surface area contributed by atoms with E-state index in [-0.39, 0.29) is 0 Å². The molecule has 0 N–H and O–H groups in total. The predicted molar refractivity (Wildman–Crippen MR) is 66.4 cm³/mol. The number of rotatable bonds is 0. The predicted octanol–water partition coefficient (Wildman–Crippen LogP) is 3.84. The molecule has 0 radical (unpaired) electrons. The normalized spacial score (nSPS) is 16.5. The SMILES string of the molecule is Ic1sc2c(c1I)CCCC2. The van der Waals surface area contributed by atoms with Gasteiger partial charge in [-0.3, -0.25) is 0 Å². The maximum absolute atomic E-state index is 2.49. The van der Waals surface area contributed by atoms with Crippen LogP contribution in [0.1, 0.15) is 23.3 Å². The summed E-state index contributed by atoms with van der Waals surface area (Å²) in [6, 6.07) is 0. The zero-order valence-electron chi connectivity index (χ0n) is 5.99. The summed E-state index contributed by atoms with van der Waals surface area (Å²) in [6.45, 7) is 0. The van der Waals surface area contributed by atoms with E-state index < -0.39 is 0 Å². The van der Waals surface area contributed by atoms with Crippen LogP contribution in [0, 0.1) is 6.45 Å². The van der Waals surface area contributed by atoms with Crippen molar-refractivity contribution in [2.75, 3.05) is 0 Å². The Morgan fingerprint density at radius 1 is 1.09 bits per heavy atom. The fraction of sp³-hybridized carbons (Fsp3) is 0.500. The molecule has 3 heteroatoms. The van der Waals surface area contributed by atoms with Crippen molar-refractivity contribution < 1.29 is 0 Å². The largest absolute Gasteiger partial charge is 0.133 e. The molecule has 1 aliphatic carbocycles. The third-order valence-electron chi connectivity index (χ3n) is 2.07. The Bertz CT molecular complexity index is 278. The monoisotopic (exact) mass is 390 g/mol. The van der Waals surface area contributed by atoms with Gasteiger partial charge in [0.15, 0.2) is 0 Å². The minimum Gasteiger partial charge on any atom is -0.133 e. The third kappa shape index (κ3) is 1.60. The average molecular weight is 390 g/mol. The first-order chi connectivity index (χ1) is 5.29. The average Bonchev–Trinajstić information content (AvgIpc) is 2.30. The second-order valence-corrected chi connectivity index (χ2v) is 6.79. The van der Waals surface area contributed by atoms with Crippen molar-refractivity contribution in [2.45, 2.75) is 25.7 Å². The summed E-state index contributed by atoms with van der Waals surface area (Å²) in [5.74, 6) is 0. The Labute approximate surface area is 98.0 Å². The fourth-order valence-electron chi connectivity index (χ4n) is 1.49. The molecule has 0 spiro atoms. The van der Waals surface area contributed by atoms with Crippen LogP contribution in [0.15, 0.2) is 0 Å². The van der Waals surface area contributed by atoms with Crippen LogP contribution in [-0.2, 0) is 12.8 Å². The van der Waals surface area contributed by atoms with Crippen molar-refractivity contribution in [3.8, 4) is 0 Å². The third-order valence-corrected chi connectivity index (χ3v) is 6.94. The molecular formula is C8H8I2S. The molecule has 0 amide bonds. The minimum absolute atomic E-state index is 1.33. The van der Waals surface area contributed by atoms with Crippen molar-refractivity contribution in [1.29, 1.82) is 0 Å². The Balaban J connectivity index is 2.50. The molecule has 1 aliphatic rings. The van der Waals surface area contributed by atoms with E-state index in [0.29, 0.717) is 0 Å². The van der Waals surface area contributed by atoms with Gasteiger partial charge in [-0.2, -0.15) is 0 Å². The van der Waals surface area contributed by atoms with Crippen LogP contribution >= 0.6 is 56.5 Å². The highest BCUT2D eigenvalue weighted by Gasteiger charge is 2.16. The highest BCUT2D eigenvalue weighted by Crippen LogP contribution is 2.35. The number of aryl methyl sites for hydroxylation is 1. The van der Waals surface area contributed by atoms with Crippen LogP contribution in [0.25, 0.3) is 0 Å². The Morgan fingerprint density at radius 2 is 1.82 bits per heavy atom. The molecular weight excluding hydrogens is 382 g/mol. The zero-order valence-corrected chi connectivity index (χ0v) is 11.1. The topological polar surface area (TPSA) is 0 Å². The highest BCUT2D eigenvalue weighted by molar-refractivity contribution is 14.1. The number of halogens is 2. The number of hydrogen-bond acceptors (Lipinski definition) is 1. The van der Waals surface area contributed by atoms with Crippen molar-refractivity contribution in [1.82, 2.24) is 0 Å². The van der Waals surface area contributed by atoms with E-state index in [0.717, 1.165) is 0 Å². The summed E-state index contributed by atoms with van der Waals surface area (Å²) in [5.41, 5.74) is 1.66. The number of hydrogen-bond donors (Lipinski definition) is 0. The number of fused-ring (bicyclic) bond motifs is 1. The summed E-state index contributed by atoms with van der Waals surface area (Å²) in [7, 11) is 0. The van der Waals surface area contributed by atoms with Crippen molar-refractivity contribution in [3.63, 3.8) is 0 Å². The number of thiophene rings is 1. The lowest BCUT2D eigenvalue weighted by atomic mass is 10.00. The van der Waals surface area contributed by atoms with Gasteiger partial charge in [0.05, 0.1) is 2.88 Å². The van der Waals surface area contributed by atoms with Crippen LogP contribution in [0.4, 0.5) is 0 Å². The quantitative estimate of drug-likeness (QED) is 0.591. The fourth-order valence-corrected chi connectivity index (χ4v) is 4.73. The molecule has 0 aliphatic heterocycles. The van der Waals surface area contributed by atoms with Crippen molar-refractivity contribution in [3.05, 3.63) is 16.9 Å². The van der Waals surface area contributed by atoms with E-state index in [9.17, 15) is 0 Å². The van der Waals surface area contributed by atoms with Gasteiger partial charge in [0.1, 0.15) is 0 Å². The van der Waals surface area contributed by atoms with Gasteiger partial charge >= 0.3 is 0 Å². The van der Waals surface area contributed by atoms with E-state index in [4.69, 9.17) is 0 Å². The summed E-state index contributed by atoms with van der Waals surface area (Å²) >= 11 is 6.94. The van der Waals surface area contributed by atoms with Crippen LogP contribution < -0.4 is 0 Å². The standard InChI is InChI=1S/C8H8I2S/c9-7-5-3-1-2-4-6(5)11-8(7)10/h1-4H2. The molecule has 1 heterocycles. The lowest BCUT2D eigenvalue weighted by Gasteiger charge is -2.09. The molecule has 2 rings (SSSR count). The van der Waals surface area contributed by atoms with Crippen LogP contribution in [0.3, 0.4) is 0 Å². The molecule has 11 heavy (non-hydrogen) atoms. The maximum atomic E-state index is 2.49. The first kappa shape index (κ1) is 8.74. The van der Waals surface area contributed by atoms with Gasteiger partial charge in [-0.15, -0.1) is 11.3 Å². The molecule has 0 saturated heterocycles. The molecule has 0 nitrogen and oxygen atoms in total. The van der Waals surface area contributed by atoms with Gasteiger partial charge in [0, 0.05) is 8.45 Å². The maximum Gasteiger partial charge on any atom is 0.0792 e. The molecule has 60 valence electrons. The molecule has 0 fully saturated rings. The summed E-state index contributed by atoms with van der Waals surface area (Å²) < 4.78 is 3.03. The second-order valence-electron chi connectivity index (χ2n) is 2.80. The summed E-state index contributed by atoms with van der Waals surface area (Å²) in [4.78, 5) is 1.66. The second kappa shape index (κ2) is 3.49. The molecule has 0 bridgehead atoms. The Hall–Kier alpha value is 1.16. The Morgan fingerprint density at radius 3 is 2.55 bits per heavy atom. The zero-order chi connectivity index (χ0) is 7.84. The van der Waals surface area contributed by atoms with Crippen molar-refractivity contribution in [2.24, 2.45) is 0 Å². The highest BCUT2D eigenvalue weighted by atomic mass is 127. The van der Waals surface area contributed by atoms with E-state index in [1.807, 2.05) is 11.3 Å². The lowest BCUT2D eigenvalue weighted by Crippen LogP contribution is -1.98. The van der Waals surface area contributed by atoms with Gasteiger partial charge in [0.2, 0.25) is 0 Å². The Kier molecular flexibility index (Phi) is 2.78. The van der Waals surface area contributed by atoms with Gasteiger partial charge in [-0.05, 0) is 76.4 Å². The lowest BCUT2D eigenvalue weighted by molar-refractivity contribution is 0.694. The molecule has 0 atom stereocenters. The first-order valence-corrected chi connectivity index (χ1v) is 6.72. The summed E-state index contributed by atoms with van der Waals surface area (Å²) in [6.07, 6.45) is 5.46. The molecule has 0 aromatic carbocycles. The first-order valence-electron chi connectivity index (χ1n) is 3.74. The molecule has 1 aromatic heterocycles. The molecule has 1 aromatic rings. The molecule has 0 unspecified atom stereocenters. The van der Waals surface area contributed by atoms with Gasteiger partial charge in [-0.1, -0.05) is 0 Å². The van der Waals surface area contributed by atoms with E-state index >= 15 is 0 Å². The molecule has 0 saturated carbocycles.